The van der Waals surface area contributed by atoms with Crippen LogP contribution in [-0.4, -0.2) is 40.5 Å². The Morgan fingerprint density at radius 1 is 0.722 bits per heavy atom. The quantitative estimate of drug-likeness (QED) is 0.372. The standard InChI is InChI=1S/C13H30BrO3P/c1-2-3-4-5-6-7-8-9-10-18(14,11-15,12-16)13-17/h15-17H,2-13H2,1H3. The number of hydrogen-bond donors (Lipinski definition) is 3. The minimum atomic E-state index is -2.79. The van der Waals surface area contributed by atoms with Crippen LogP contribution in [0.4, 0.5) is 0 Å². The number of aliphatic hydroxyl groups is 3. The van der Waals surface area contributed by atoms with Crippen molar-refractivity contribution in [2.45, 2.75) is 58.3 Å². The van der Waals surface area contributed by atoms with Crippen molar-refractivity contribution in [1.29, 1.82) is 0 Å². The van der Waals surface area contributed by atoms with Gasteiger partial charge in [-0.2, -0.15) is 0 Å². The Balaban J connectivity index is 3.69. The van der Waals surface area contributed by atoms with E-state index in [1.54, 1.807) is 0 Å². The van der Waals surface area contributed by atoms with Gasteiger partial charge in [0.2, 0.25) is 0 Å². The zero-order valence-corrected chi connectivity index (χ0v) is 14.1. The molecule has 5 heteroatoms. The van der Waals surface area contributed by atoms with Crippen LogP contribution in [-0.2, 0) is 0 Å². The van der Waals surface area contributed by atoms with Gasteiger partial charge in [-0.15, -0.1) is 0 Å². The Bertz CT molecular complexity index is 199. The molecule has 0 atom stereocenters. The molecule has 0 saturated heterocycles. The van der Waals surface area contributed by atoms with Crippen LogP contribution in [0.2, 0.25) is 0 Å². The Morgan fingerprint density at radius 3 is 1.50 bits per heavy atom. The van der Waals surface area contributed by atoms with Crippen molar-refractivity contribution in [3.05, 3.63) is 0 Å². The zero-order chi connectivity index (χ0) is 13.9. The summed E-state index contributed by atoms with van der Waals surface area (Å²) < 4.78 is 0. The summed E-state index contributed by atoms with van der Waals surface area (Å²) in [5.74, 6) is 0. The van der Waals surface area contributed by atoms with Crippen molar-refractivity contribution in [3.8, 4) is 0 Å². The molecule has 18 heavy (non-hydrogen) atoms. The van der Waals surface area contributed by atoms with Crippen LogP contribution in [0.5, 0.6) is 0 Å². The number of hydrogen-bond acceptors (Lipinski definition) is 3. The number of aliphatic hydroxyl groups excluding tert-OH is 3. The Kier molecular flexibility index (Phi) is 10.1. The van der Waals surface area contributed by atoms with Gasteiger partial charge in [-0.25, -0.2) is 0 Å². The van der Waals surface area contributed by atoms with Gasteiger partial charge < -0.3 is 0 Å². The second kappa shape index (κ2) is 9.66. The third-order valence-electron chi connectivity index (χ3n) is 3.63. The van der Waals surface area contributed by atoms with Gasteiger partial charge in [0.1, 0.15) is 0 Å². The van der Waals surface area contributed by atoms with Crippen LogP contribution in [0.3, 0.4) is 0 Å². The molecule has 0 aromatic rings. The average Bonchev–Trinajstić information content (AvgIpc) is 2.42. The topological polar surface area (TPSA) is 60.7 Å². The van der Waals surface area contributed by atoms with E-state index >= 15 is 0 Å². The fourth-order valence-corrected chi connectivity index (χ4v) is 4.45. The first-order valence-corrected chi connectivity index (χ1v) is 12.1. The molecule has 0 radical (unpaired) electrons. The fourth-order valence-electron chi connectivity index (χ4n) is 1.99. The Hall–Kier alpha value is 0.790. The predicted octanol–water partition coefficient (Wildman–Crippen LogP) is 3.84. The molecule has 0 saturated carbocycles. The molecule has 0 aliphatic heterocycles. The second-order valence-corrected chi connectivity index (χ2v) is 16.4. The summed E-state index contributed by atoms with van der Waals surface area (Å²) in [6.45, 7) is 2.22. The van der Waals surface area contributed by atoms with Gasteiger partial charge in [0.05, 0.1) is 0 Å². The van der Waals surface area contributed by atoms with Gasteiger partial charge in [0.15, 0.2) is 0 Å². The third-order valence-corrected chi connectivity index (χ3v) is 10.3. The van der Waals surface area contributed by atoms with E-state index in [2.05, 4.69) is 22.4 Å². The molecule has 0 amide bonds. The van der Waals surface area contributed by atoms with E-state index in [0.29, 0.717) is 0 Å². The number of rotatable bonds is 12. The minimum absolute atomic E-state index is 0.116. The summed E-state index contributed by atoms with van der Waals surface area (Å²) in [7, 11) is 0. The third kappa shape index (κ3) is 6.81. The van der Waals surface area contributed by atoms with Gasteiger partial charge in [-0.3, -0.25) is 0 Å². The van der Waals surface area contributed by atoms with E-state index in [9.17, 15) is 15.3 Å². The average molecular weight is 345 g/mol. The molecule has 0 rings (SSSR count). The van der Waals surface area contributed by atoms with E-state index in [-0.39, 0.29) is 19.0 Å². The number of halogens is 1. The summed E-state index contributed by atoms with van der Waals surface area (Å²) >= 11 is 3.47. The van der Waals surface area contributed by atoms with Crippen LogP contribution < -0.4 is 0 Å². The van der Waals surface area contributed by atoms with Crippen molar-refractivity contribution in [2.75, 3.05) is 25.2 Å². The zero-order valence-electron chi connectivity index (χ0n) is 11.7. The molecule has 0 heterocycles. The van der Waals surface area contributed by atoms with Crippen molar-refractivity contribution < 1.29 is 15.3 Å². The van der Waals surface area contributed by atoms with Crippen LogP contribution in [0.15, 0.2) is 0 Å². The van der Waals surface area contributed by atoms with E-state index in [1.807, 2.05) is 0 Å². The van der Waals surface area contributed by atoms with Gasteiger partial charge in [0, 0.05) is 0 Å². The van der Waals surface area contributed by atoms with Crippen LogP contribution in [0.1, 0.15) is 58.3 Å². The first-order valence-electron chi connectivity index (χ1n) is 7.09. The molecule has 112 valence electrons. The Labute approximate surface area is 120 Å². The van der Waals surface area contributed by atoms with Crippen molar-refractivity contribution in [1.82, 2.24) is 0 Å². The molecule has 0 aromatic heterocycles. The molecule has 0 unspecified atom stereocenters. The van der Waals surface area contributed by atoms with E-state index < -0.39 is 5.31 Å². The summed E-state index contributed by atoms with van der Waals surface area (Å²) in [4.78, 5) is 0. The Morgan fingerprint density at radius 2 is 1.11 bits per heavy atom. The van der Waals surface area contributed by atoms with Crippen LogP contribution in [0, 0.1) is 0 Å². The molecule has 3 N–H and O–H groups in total. The van der Waals surface area contributed by atoms with Crippen LogP contribution in [0.25, 0.3) is 0 Å². The van der Waals surface area contributed by atoms with E-state index in [1.165, 1.54) is 38.5 Å². The normalized spacial score (nSPS) is 14.4. The summed E-state index contributed by atoms with van der Waals surface area (Å²) in [5.41, 5.74) is 0. The molecule has 0 aliphatic carbocycles. The molecule has 0 bridgehead atoms. The van der Waals surface area contributed by atoms with Gasteiger partial charge in [-0.1, -0.05) is 0 Å². The molecule has 0 aromatic carbocycles. The van der Waals surface area contributed by atoms with E-state index in [4.69, 9.17) is 0 Å². The first-order chi connectivity index (χ1) is 8.54. The van der Waals surface area contributed by atoms with Crippen molar-refractivity contribution in [3.63, 3.8) is 0 Å². The van der Waals surface area contributed by atoms with Crippen molar-refractivity contribution >= 4 is 20.8 Å². The molecular weight excluding hydrogens is 315 g/mol. The second-order valence-electron chi connectivity index (χ2n) is 5.44. The van der Waals surface area contributed by atoms with Gasteiger partial charge in [-0.05, 0) is 0 Å². The maximum atomic E-state index is 9.43. The molecular formula is C13H30BrO3P. The first kappa shape index (κ1) is 18.8. The molecule has 0 aliphatic rings. The van der Waals surface area contributed by atoms with Crippen molar-refractivity contribution in [2.24, 2.45) is 0 Å². The van der Waals surface area contributed by atoms with Gasteiger partial charge >= 0.3 is 120 Å². The summed E-state index contributed by atoms with van der Waals surface area (Å²) in [5, 5.41) is 25.5. The summed E-state index contributed by atoms with van der Waals surface area (Å²) in [6.07, 6.45) is 10.2. The number of unbranched alkanes of at least 4 members (excludes halogenated alkanes) is 7. The monoisotopic (exact) mass is 344 g/mol. The molecule has 0 spiro atoms. The van der Waals surface area contributed by atoms with E-state index in [0.717, 1.165) is 19.0 Å². The predicted molar refractivity (Wildman–Crippen MR) is 84.6 cm³/mol. The fraction of sp³-hybridized carbons (Fsp3) is 1.00. The molecule has 0 fully saturated rings. The van der Waals surface area contributed by atoms with Gasteiger partial charge in [0.25, 0.3) is 0 Å². The SMILES string of the molecule is CCCCCCCCCCP(Br)(CO)(CO)CO. The summed E-state index contributed by atoms with van der Waals surface area (Å²) in [6, 6.07) is 0. The molecule has 3 nitrogen and oxygen atoms in total. The maximum absolute atomic E-state index is 9.43. The van der Waals surface area contributed by atoms with Crippen LogP contribution >= 0.6 is 20.8 Å².